The molecular weight excluding hydrogens is 304 g/mol. The van der Waals surface area contributed by atoms with Crippen molar-refractivity contribution >= 4 is 16.0 Å². The van der Waals surface area contributed by atoms with Crippen molar-refractivity contribution in [2.45, 2.75) is 25.3 Å². The summed E-state index contributed by atoms with van der Waals surface area (Å²) in [4.78, 5) is 11.8. The molecule has 7 heteroatoms. The number of hydrogen-bond donors (Lipinski definition) is 2. The minimum atomic E-state index is -3.52. The van der Waals surface area contributed by atoms with Crippen molar-refractivity contribution in [1.82, 2.24) is 10.0 Å². The van der Waals surface area contributed by atoms with Crippen LogP contribution in [0.3, 0.4) is 0 Å². The number of nitrogens with one attached hydrogen (secondary N) is 2. The van der Waals surface area contributed by atoms with E-state index in [9.17, 15) is 13.2 Å². The van der Waals surface area contributed by atoms with E-state index in [0.717, 1.165) is 18.5 Å². The van der Waals surface area contributed by atoms with Crippen LogP contribution in [0.1, 0.15) is 18.4 Å². The molecule has 2 N–H and O–H groups in total. The zero-order chi connectivity index (χ0) is 16.4. The van der Waals surface area contributed by atoms with Crippen LogP contribution in [0, 0.1) is 0 Å². The maximum Gasteiger partial charge on any atom is 0.324 e. The third-order valence-corrected chi connectivity index (χ3v) is 4.65. The Morgan fingerprint density at radius 3 is 2.50 bits per heavy atom. The number of esters is 1. The molecule has 0 fully saturated rings. The average molecular weight is 328 g/mol. The zero-order valence-corrected chi connectivity index (χ0v) is 13.9. The Balaban J connectivity index is 2.66. The molecule has 22 heavy (non-hydrogen) atoms. The van der Waals surface area contributed by atoms with Gasteiger partial charge in [0, 0.05) is 0 Å². The fraction of sp³-hybridized carbons (Fsp3) is 0.533. The molecule has 0 saturated heterocycles. The summed E-state index contributed by atoms with van der Waals surface area (Å²) in [6.07, 6.45) is 1.57. The molecule has 1 atom stereocenters. The van der Waals surface area contributed by atoms with Crippen LogP contribution < -0.4 is 10.0 Å². The molecular formula is C15H24N2O4S. The number of methoxy groups -OCH3 is 1. The van der Waals surface area contributed by atoms with Gasteiger partial charge >= 0.3 is 5.97 Å². The number of ether oxygens (including phenoxy) is 1. The molecule has 0 aliphatic heterocycles. The van der Waals surface area contributed by atoms with Crippen molar-refractivity contribution in [3.05, 3.63) is 35.9 Å². The van der Waals surface area contributed by atoms with Gasteiger partial charge in [-0.1, -0.05) is 30.3 Å². The highest BCUT2D eigenvalue weighted by Gasteiger charge is 2.25. The summed E-state index contributed by atoms with van der Waals surface area (Å²) >= 11 is 0. The van der Waals surface area contributed by atoms with Gasteiger partial charge in [-0.15, -0.1) is 0 Å². The summed E-state index contributed by atoms with van der Waals surface area (Å²) in [7, 11) is -0.444. The molecule has 0 aliphatic carbocycles. The fourth-order valence-corrected chi connectivity index (χ4v) is 3.35. The number of hydrogen-bond acceptors (Lipinski definition) is 5. The summed E-state index contributed by atoms with van der Waals surface area (Å²) in [6.45, 7) is 0.764. The first-order chi connectivity index (χ1) is 10.5. The highest BCUT2D eigenvalue weighted by molar-refractivity contribution is 7.89. The lowest BCUT2D eigenvalue weighted by atomic mass is 10.1. The van der Waals surface area contributed by atoms with E-state index in [-0.39, 0.29) is 12.2 Å². The van der Waals surface area contributed by atoms with Gasteiger partial charge < -0.3 is 10.1 Å². The summed E-state index contributed by atoms with van der Waals surface area (Å²) < 4.78 is 31.3. The Hall–Kier alpha value is -1.44. The van der Waals surface area contributed by atoms with Crippen LogP contribution in [0.25, 0.3) is 0 Å². The van der Waals surface area contributed by atoms with Gasteiger partial charge in [-0.05, 0) is 38.4 Å². The lowest BCUT2D eigenvalue weighted by molar-refractivity contribution is -0.142. The number of unbranched alkanes of at least 4 members (excludes halogenated alkanes) is 1. The monoisotopic (exact) mass is 328 g/mol. The maximum atomic E-state index is 12.1. The van der Waals surface area contributed by atoms with Crippen molar-refractivity contribution in [3.8, 4) is 0 Å². The van der Waals surface area contributed by atoms with Crippen molar-refractivity contribution in [1.29, 1.82) is 0 Å². The molecule has 0 spiro atoms. The normalized spacial score (nSPS) is 12.8. The van der Waals surface area contributed by atoms with Crippen molar-refractivity contribution in [2.75, 3.05) is 26.5 Å². The Labute approximate surface area is 132 Å². The molecule has 0 aromatic heterocycles. The maximum absolute atomic E-state index is 12.1. The Morgan fingerprint density at radius 2 is 1.91 bits per heavy atom. The van der Waals surface area contributed by atoms with Crippen LogP contribution in [-0.2, 0) is 26.0 Å². The lowest BCUT2D eigenvalue weighted by Crippen LogP contribution is -2.44. The van der Waals surface area contributed by atoms with Crippen LogP contribution in [0.5, 0.6) is 0 Å². The van der Waals surface area contributed by atoms with Gasteiger partial charge in [0.05, 0.1) is 12.9 Å². The van der Waals surface area contributed by atoms with Gasteiger partial charge in [-0.3, -0.25) is 4.79 Å². The third-order valence-electron chi connectivity index (χ3n) is 3.18. The van der Waals surface area contributed by atoms with E-state index in [4.69, 9.17) is 4.74 Å². The Kier molecular flexibility index (Phi) is 8.08. The van der Waals surface area contributed by atoms with Gasteiger partial charge in [0.15, 0.2) is 0 Å². The van der Waals surface area contributed by atoms with Crippen LogP contribution in [0.4, 0.5) is 0 Å². The first-order valence-electron chi connectivity index (χ1n) is 7.25. The molecule has 124 valence electrons. The first-order valence-corrected chi connectivity index (χ1v) is 8.90. The first kappa shape index (κ1) is 18.6. The average Bonchev–Trinajstić information content (AvgIpc) is 2.51. The van der Waals surface area contributed by atoms with E-state index in [1.54, 1.807) is 0 Å². The molecule has 0 bridgehead atoms. The van der Waals surface area contributed by atoms with Crippen LogP contribution in [0.2, 0.25) is 0 Å². The number of sulfonamides is 1. The van der Waals surface area contributed by atoms with E-state index in [0.29, 0.717) is 6.42 Å². The van der Waals surface area contributed by atoms with Gasteiger partial charge in [-0.2, -0.15) is 0 Å². The lowest BCUT2D eigenvalue weighted by Gasteiger charge is -2.16. The second-order valence-electron chi connectivity index (χ2n) is 5.01. The summed E-state index contributed by atoms with van der Waals surface area (Å²) in [5.74, 6) is -0.584. The van der Waals surface area contributed by atoms with E-state index in [1.165, 1.54) is 7.11 Å². The summed E-state index contributed by atoms with van der Waals surface area (Å²) in [6, 6.07) is 8.34. The van der Waals surface area contributed by atoms with E-state index in [2.05, 4.69) is 10.0 Å². The zero-order valence-electron chi connectivity index (χ0n) is 13.0. The Bertz CT molecular complexity index is 546. The SMILES string of the molecule is CNCCCCS(=O)(=O)NC(Cc1ccccc1)C(=O)OC. The van der Waals surface area contributed by atoms with Crippen molar-refractivity contribution < 1.29 is 17.9 Å². The Morgan fingerprint density at radius 1 is 1.23 bits per heavy atom. The van der Waals surface area contributed by atoms with Gasteiger partial charge in [0.2, 0.25) is 10.0 Å². The van der Waals surface area contributed by atoms with Crippen LogP contribution >= 0.6 is 0 Å². The van der Waals surface area contributed by atoms with E-state index in [1.807, 2.05) is 37.4 Å². The summed E-state index contributed by atoms with van der Waals surface area (Å²) in [5, 5.41) is 2.97. The highest BCUT2D eigenvalue weighted by Crippen LogP contribution is 2.06. The third kappa shape index (κ3) is 7.02. The van der Waals surface area contributed by atoms with E-state index >= 15 is 0 Å². The van der Waals surface area contributed by atoms with Crippen LogP contribution in [-0.4, -0.2) is 46.9 Å². The van der Waals surface area contributed by atoms with Crippen molar-refractivity contribution in [2.24, 2.45) is 0 Å². The largest absolute Gasteiger partial charge is 0.468 e. The molecule has 0 radical (unpaired) electrons. The molecule has 1 rings (SSSR count). The predicted octanol–water partition coefficient (Wildman–Crippen LogP) is 0.690. The minimum Gasteiger partial charge on any atom is -0.468 e. The van der Waals surface area contributed by atoms with Crippen molar-refractivity contribution in [3.63, 3.8) is 0 Å². The number of rotatable bonds is 10. The number of benzene rings is 1. The quantitative estimate of drug-likeness (QED) is 0.488. The second kappa shape index (κ2) is 9.55. The van der Waals surface area contributed by atoms with Gasteiger partial charge in [0.1, 0.15) is 6.04 Å². The molecule has 6 nitrogen and oxygen atoms in total. The van der Waals surface area contributed by atoms with Gasteiger partial charge in [-0.25, -0.2) is 13.1 Å². The molecule has 0 aliphatic rings. The molecule has 1 aromatic carbocycles. The highest BCUT2D eigenvalue weighted by atomic mass is 32.2. The molecule has 1 unspecified atom stereocenters. The summed E-state index contributed by atoms with van der Waals surface area (Å²) in [5.41, 5.74) is 0.871. The molecule has 0 heterocycles. The number of carbonyl (C=O) groups excluding carboxylic acids is 1. The minimum absolute atomic E-state index is 0.00301. The van der Waals surface area contributed by atoms with Crippen LogP contribution in [0.15, 0.2) is 30.3 Å². The second-order valence-corrected chi connectivity index (χ2v) is 6.89. The molecule has 0 saturated carbocycles. The topological polar surface area (TPSA) is 84.5 Å². The number of carbonyl (C=O) groups is 1. The van der Waals surface area contributed by atoms with Gasteiger partial charge in [0.25, 0.3) is 0 Å². The fourth-order valence-electron chi connectivity index (χ4n) is 2.03. The molecule has 1 aromatic rings. The predicted molar refractivity (Wildman–Crippen MR) is 86.0 cm³/mol. The molecule has 0 amide bonds. The van der Waals surface area contributed by atoms with E-state index < -0.39 is 22.0 Å². The smallest absolute Gasteiger partial charge is 0.324 e. The standard InChI is InChI=1S/C15H24N2O4S/c1-16-10-6-7-11-22(19,20)17-14(15(18)21-2)12-13-8-4-3-5-9-13/h3-5,8-9,14,16-17H,6-7,10-12H2,1-2H3.